The number of methoxy groups -OCH3 is 1. The van der Waals surface area contributed by atoms with Crippen molar-refractivity contribution in [3.8, 4) is 11.5 Å². The van der Waals surface area contributed by atoms with Crippen LogP contribution in [0.5, 0.6) is 11.5 Å². The molecule has 0 aliphatic heterocycles. The van der Waals surface area contributed by atoms with Crippen LogP contribution in [0.4, 0.5) is 0 Å². The van der Waals surface area contributed by atoms with Crippen molar-refractivity contribution >= 4 is 6.08 Å². The molecule has 0 fully saturated rings. The summed E-state index contributed by atoms with van der Waals surface area (Å²) < 4.78 is 10.9. The minimum atomic E-state index is 0.531. The zero-order chi connectivity index (χ0) is 13.5. The average molecular weight is 255 g/mol. The van der Waals surface area contributed by atoms with Gasteiger partial charge in [-0.05, 0) is 36.8 Å². The summed E-state index contributed by atoms with van der Waals surface area (Å²) in [5, 5.41) is 0. The van der Waals surface area contributed by atoms with E-state index in [1.54, 1.807) is 13.3 Å². The van der Waals surface area contributed by atoms with Crippen LogP contribution in [-0.2, 0) is 6.61 Å². The van der Waals surface area contributed by atoms with Gasteiger partial charge < -0.3 is 9.47 Å². The quantitative estimate of drug-likeness (QED) is 0.816. The number of hydrogen-bond donors (Lipinski definition) is 0. The van der Waals surface area contributed by atoms with Gasteiger partial charge in [0, 0.05) is 12.3 Å². The van der Waals surface area contributed by atoms with Gasteiger partial charge >= 0.3 is 0 Å². The molecule has 98 valence electrons. The summed E-state index contributed by atoms with van der Waals surface area (Å²) in [4.78, 5) is 4.22. The molecule has 0 amide bonds. The maximum atomic E-state index is 5.74. The molecule has 0 saturated heterocycles. The molecule has 0 radical (unpaired) electrons. The van der Waals surface area contributed by atoms with E-state index in [0.717, 1.165) is 22.8 Å². The van der Waals surface area contributed by atoms with E-state index in [1.807, 2.05) is 55.5 Å². The van der Waals surface area contributed by atoms with Gasteiger partial charge in [0.05, 0.1) is 12.8 Å². The Morgan fingerprint density at radius 1 is 1.11 bits per heavy atom. The molecule has 1 heterocycles. The van der Waals surface area contributed by atoms with Crippen LogP contribution < -0.4 is 9.47 Å². The highest BCUT2D eigenvalue weighted by Gasteiger charge is 1.98. The minimum absolute atomic E-state index is 0.531. The van der Waals surface area contributed by atoms with Gasteiger partial charge in [-0.1, -0.05) is 18.2 Å². The Morgan fingerprint density at radius 2 is 1.89 bits per heavy atom. The van der Waals surface area contributed by atoms with Crippen LogP contribution in [-0.4, -0.2) is 12.1 Å². The summed E-state index contributed by atoms with van der Waals surface area (Å²) >= 11 is 0. The Hall–Kier alpha value is -2.29. The highest BCUT2D eigenvalue weighted by atomic mass is 16.5. The lowest BCUT2D eigenvalue weighted by Crippen LogP contribution is -1.96. The Balaban J connectivity index is 1.99. The molecule has 1 aromatic carbocycles. The van der Waals surface area contributed by atoms with E-state index in [0.29, 0.717) is 6.61 Å². The van der Waals surface area contributed by atoms with Crippen molar-refractivity contribution in [2.45, 2.75) is 13.5 Å². The third-order valence-corrected chi connectivity index (χ3v) is 2.65. The maximum Gasteiger partial charge on any atom is 0.123 e. The van der Waals surface area contributed by atoms with Gasteiger partial charge in [-0.2, -0.15) is 0 Å². The Kier molecular flexibility index (Phi) is 4.56. The molecule has 0 saturated carbocycles. The number of benzene rings is 1. The van der Waals surface area contributed by atoms with E-state index in [9.17, 15) is 0 Å². The van der Waals surface area contributed by atoms with Gasteiger partial charge in [-0.15, -0.1) is 0 Å². The Labute approximate surface area is 113 Å². The molecule has 2 aromatic rings. The van der Waals surface area contributed by atoms with Gasteiger partial charge in [-0.25, -0.2) is 0 Å². The highest BCUT2D eigenvalue weighted by molar-refractivity contribution is 5.46. The molecule has 1 aromatic heterocycles. The van der Waals surface area contributed by atoms with Crippen molar-refractivity contribution in [3.05, 3.63) is 59.9 Å². The summed E-state index contributed by atoms with van der Waals surface area (Å²) in [6.07, 6.45) is 5.65. The molecule has 0 aliphatic rings. The minimum Gasteiger partial charge on any atom is -0.497 e. The lowest BCUT2D eigenvalue weighted by molar-refractivity contribution is 0.305. The van der Waals surface area contributed by atoms with E-state index in [-0.39, 0.29) is 0 Å². The molecule has 0 unspecified atom stereocenters. The standard InChI is InChI=1S/C16H17NO2/c1-3-4-14-11-16(9-10-17-14)19-12-13-5-7-15(18-2)8-6-13/h3-11H,12H2,1-2H3/b4-3+. The molecular formula is C16H17NO2. The van der Waals surface area contributed by atoms with Crippen LogP contribution in [0.2, 0.25) is 0 Å². The summed E-state index contributed by atoms with van der Waals surface area (Å²) in [6.45, 7) is 2.50. The maximum absolute atomic E-state index is 5.74. The smallest absolute Gasteiger partial charge is 0.123 e. The van der Waals surface area contributed by atoms with Crippen molar-refractivity contribution < 1.29 is 9.47 Å². The third kappa shape index (κ3) is 3.85. The van der Waals surface area contributed by atoms with E-state index in [4.69, 9.17) is 9.47 Å². The summed E-state index contributed by atoms with van der Waals surface area (Å²) in [5.74, 6) is 1.67. The van der Waals surface area contributed by atoms with Crippen molar-refractivity contribution in [1.82, 2.24) is 4.98 Å². The molecule has 3 heteroatoms. The van der Waals surface area contributed by atoms with Gasteiger partial charge in [0.15, 0.2) is 0 Å². The fourth-order valence-corrected chi connectivity index (χ4v) is 1.67. The van der Waals surface area contributed by atoms with Crippen molar-refractivity contribution in [2.24, 2.45) is 0 Å². The molecule has 0 N–H and O–H groups in total. The number of ether oxygens (including phenoxy) is 2. The van der Waals surface area contributed by atoms with Gasteiger partial charge in [-0.3, -0.25) is 4.98 Å². The largest absolute Gasteiger partial charge is 0.497 e. The van der Waals surface area contributed by atoms with E-state index >= 15 is 0 Å². The monoisotopic (exact) mass is 255 g/mol. The van der Waals surface area contributed by atoms with E-state index in [2.05, 4.69) is 4.98 Å². The van der Waals surface area contributed by atoms with Crippen LogP contribution in [0.15, 0.2) is 48.7 Å². The molecule has 3 nitrogen and oxygen atoms in total. The third-order valence-electron chi connectivity index (χ3n) is 2.65. The predicted octanol–water partition coefficient (Wildman–Crippen LogP) is 3.70. The zero-order valence-corrected chi connectivity index (χ0v) is 11.2. The molecule has 0 spiro atoms. The second-order valence-corrected chi connectivity index (χ2v) is 4.05. The second-order valence-electron chi connectivity index (χ2n) is 4.05. The fourth-order valence-electron chi connectivity index (χ4n) is 1.67. The van der Waals surface area contributed by atoms with Crippen molar-refractivity contribution in [3.63, 3.8) is 0 Å². The first kappa shape index (κ1) is 13.1. The number of allylic oxidation sites excluding steroid dienone is 1. The van der Waals surface area contributed by atoms with E-state index < -0.39 is 0 Å². The zero-order valence-electron chi connectivity index (χ0n) is 11.2. The van der Waals surface area contributed by atoms with Crippen LogP contribution in [0.3, 0.4) is 0 Å². The van der Waals surface area contributed by atoms with Crippen LogP contribution in [0, 0.1) is 0 Å². The predicted molar refractivity (Wildman–Crippen MR) is 76.3 cm³/mol. The van der Waals surface area contributed by atoms with Gasteiger partial charge in [0.25, 0.3) is 0 Å². The highest BCUT2D eigenvalue weighted by Crippen LogP contribution is 2.16. The summed E-state index contributed by atoms with van der Waals surface area (Å²) in [5.41, 5.74) is 2.00. The molecular weight excluding hydrogens is 238 g/mol. The van der Waals surface area contributed by atoms with Crippen molar-refractivity contribution in [2.75, 3.05) is 7.11 Å². The summed E-state index contributed by atoms with van der Waals surface area (Å²) in [6, 6.07) is 11.6. The number of pyridine rings is 1. The van der Waals surface area contributed by atoms with Crippen LogP contribution in [0.1, 0.15) is 18.2 Å². The van der Waals surface area contributed by atoms with E-state index in [1.165, 1.54) is 0 Å². The van der Waals surface area contributed by atoms with Gasteiger partial charge in [0.2, 0.25) is 0 Å². The Morgan fingerprint density at radius 3 is 2.58 bits per heavy atom. The van der Waals surface area contributed by atoms with Crippen LogP contribution in [0.25, 0.3) is 6.08 Å². The van der Waals surface area contributed by atoms with Gasteiger partial charge in [0.1, 0.15) is 18.1 Å². The molecule has 0 aliphatic carbocycles. The number of aromatic nitrogens is 1. The number of nitrogens with zero attached hydrogens (tertiary/aromatic N) is 1. The van der Waals surface area contributed by atoms with Crippen molar-refractivity contribution in [1.29, 1.82) is 0 Å². The number of hydrogen-bond acceptors (Lipinski definition) is 3. The lowest BCUT2D eigenvalue weighted by atomic mass is 10.2. The molecule has 2 rings (SSSR count). The first-order valence-corrected chi connectivity index (χ1v) is 6.16. The Bertz CT molecular complexity index is 547. The first-order chi connectivity index (χ1) is 9.31. The molecule has 0 atom stereocenters. The fraction of sp³-hybridized carbons (Fsp3) is 0.188. The molecule has 0 bridgehead atoms. The number of rotatable bonds is 5. The SMILES string of the molecule is C/C=C/c1cc(OCc2ccc(OC)cc2)ccn1. The normalized spacial score (nSPS) is 10.6. The topological polar surface area (TPSA) is 31.4 Å². The second kappa shape index (κ2) is 6.59. The van der Waals surface area contributed by atoms with Crippen LogP contribution >= 0.6 is 0 Å². The lowest BCUT2D eigenvalue weighted by Gasteiger charge is -2.07. The molecule has 19 heavy (non-hydrogen) atoms. The average Bonchev–Trinajstić information content (AvgIpc) is 2.46. The summed E-state index contributed by atoms with van der Waals surface area (Å²) in [7, 11) is 1.66. The first-order valence-electron chi connectivity index (χ1n) is 6.16.